The average Bonchev–Trinajstić information content (AvgIpc) is 3.17. The van der Waals surface area contributed by atoms with Crippen LogP contribution >= 0.6 is 11.8 Å². The summed E-state index contributed by atoms with van der Waals surface area (Å²) >= 11 is 1.52. The minimum absolute atomic E-state index is 0.168. The van der Waals surface area contributed by atoms with Crippen LogP contribution in [0.15, 0.2) is 64.7 Å². The zero-order chi connectivity index (χ0) is 19.5. The third-order valence-electron chi connectivity index (χ3n) is 4.48. The standard InChI is InChI=1S/C21H20N4O2S/c1-3-27-18-11-7-6-10-17(18)25-20(26)16-12-22-24-19(16)23-21(25)28-13-15-9-5-4-8-14(15)2/h4-12H,3,13H2,1-2H3,(H,22,24). The van der Waals surface area contributed by atoms with Gasteiger partial charge in [0.1, 0.15) is 11.1 Å². The molecule has 0 saturated carbocycles. The fraction of sp³-hybridized carbons (Fsp3) is 0.190. The molecule has 0 fully saturated rings. The first-order chi connectivity index (χ1) is 13.7. The molecule has 0 radical (unpaired) electrons. The summed E-state index contributed by atoms with van der Waals surface area (Å²) in [6.07, 6.45) is 1.51. The highest BCUT2D eigenvalue weighted by molar-refractivity contribution is 7.98. The van der Waals surface area contributed by atoms with E-state index in [9.17, 15) is 4.79 Å². The lowest BCUT2D eigenvalue weighted by molar-refractivity contribution is 0.338. The quantitative estimate of drug-likeness (QED) is 0.395. The second kappa shape index (κ2) is 7.90. The van der Waals surface area contributed by atoms with Gasteiger partial charge in [0.25, 0.3) is 5.56 Å². The van der Waals surface area contributed by atoms with Gasteiger partial charge in [0.05, 0.1) is 18.5 Å². The molecule has 6 nitrogen and oxygen atoms in total. The number of benzene rings is 2. The Bertz CT molecular complexity index is 1180. The van der Waals surface area contributed by atoms with E-state index in [4.69, 9.17) is 4.74 Å². The smallest absolute Gasteiger partial charge is 0.270 e. The molecule has 0 saturated heterocycles. The first kappa shape index (κ1) is 18.3. The van der Waals surface area contributed by atoms with E-state index < -0.39 is 0 Å². The third kappa shape index (κ3) is 3.41. The molecule has 28 heavy (non-hydrogen) atoms. The van der Waals surface area contributed by atoms with E-state index >= 15 is 0 Å². The van der Waals surface area contributed by atoms with Crippen LogP contribution in [0.3, 0.4) is 0 Å². The van der Waals surface area contributed by atoms with Crippen molar-refractivity contribution < 1.29 is 4.74 Å². The van der Waals surface area contributed by atoms with Gasteiger partial charge in [-0.1, -0.05) is 48.2 Å². The molecule has 0 aliphatic carbocycles. The van der Waals surface area contributed by atoms with Crippen molar-refractivity contribution in [2.75, 3.05) is 6.61 Å². The zero-order valence-electron chi connectivity index (χ0n) is 15.7. The van der Waals surface area contributed by atoms with Gasteiger partial charge in [0.2, 0.25) is 0 Å². The molecule has 0 atom stereocenters. The molecule has 0 amide bonds. The van der Waals surface area contributed by atoms with Gasteiger partial charge in [-0.25, -0.2) is 4.98 Å². The maximum absolute atomic E-state index is 13.2. The Balaban J connectivity index is 1.85. The number of para-hydroxylation sites is 2. The summed E-state index contributed by atoms with van der Waals surface area (Å²) in [5.41, 5.74) is 3.41. The number of hydrogen-bond donors (Lipinski definition) is 1. The van der Waals surface area contributed by atoms with Crippen molar-refractivity contribution in [1.29, 1.82) is 0 Å². The van der Waals surface area contributed by atoms with Gasteiger partial charge in [-0.2, -0.15) is 5.10 Å². The summed E-state index contributed by atoms with van der Waals surface area (Å²) in [7, 11) is 0. The van der Waals surface area contributed by atoms with E-state index in [0.29, 0.717) is 40.0 Å². The number of hydrogen-bond acceptors (Lipinski definition) is 5. The summed E-state index contributed by atoms with van der Waals surface area (Å²) in [6, 6.07) is 15.7. The molecule has 0 aliphatic heterocycles. The Hall–Kier alpha value is -3.06. The highest BCUT2D eigenvalue weighted by atomic mass is 32.2. The predicted octanol–water partition coefficient (Wildman–Crippen LogP) is 4.11. The monoisotopic (exact) mass is 392 g/mol. The van der Waals surface area contributed by atoms with Crippen LogP contribution in [-0.2, 0) is 5.75 Å². The molecule has 2 heterocycles. The number of rotatable bonds is 6. The molecule has 0 bridgehead atoms. The Morgan fingerprint density at radius 3 is 2.75 bits per heavy atom. The Labute approximate surface area is 166 Å². The highest BCUT2D eigenvalue weighted by Gasteiger charge is 2.17. The number of nitrogens with zero attached hydrogens (tertiary/aromatic N) is 3. The van der Waals surface area contributed by atoms with Crippen molar-refractivity contribution in [3.63, 3.8) is 0 Å². The van der Waals surface area contributed by atoms with E-state index in [-0.39, 0.29) is 5.56 Å². The highest BCUT2D eigenvalue weighted by Crippen LogP contribution is 2.29. The molecule has 0 unspecified atom stereocenters. The van der Waals surface area contributed by atoms with Crippen LogP contribution in [0.2, 0.25) is 0 Å². The SMILES string of the molecule is CCOc1ccccc1-n1c(SCc2ccccc2C)nc2[nH]ncc2c1=O. The lowest BCUT2D eigenvalue weighted by Crippen LogP contribution is -2.22. The number of aryl methyl sites for hydroxylation is 1. The van der Waals surface area contributed by atoms with E-state index in [2.05, 4.69) is 34.2 Å². The Morgan fingerprint density at radius 1 is 1.14 bits per heavy atom. The van der Waals surface area contributed by atoms with Gasteiger partial charge in [-0.15, -0.1) is 0 Å². The van der Waals surface area contributed by atoms with Crippen molar-refractivity contribution in [3.05, 3.63) is 76.2 Å². The summed E-state index contributed by atoms with van der Waals surface area (Å²) in [4.78, 5) is 17.9. The van der Waals surface area contributed by atoms with Gasteiger partial charge in [-0.3, -0.25) is 14.5 Å². The average molecular weight is 392 g/mol. The van der Waals surface area contributed by atoms with Crippen LogP contribution in [0, 0.1) is 6.92 Å². The second-order valence-electron chi connectivity index (χ2n) is 6.28. The first-order valence-electron chi connectivity index (χ1n) is 9.04. The predicted molar refractivity (Wildman–Crippen MR) is 111 cm³/mol. The fourth-order valence-corrected chi connectivity index (χ4v) is 4.09. The Morgan fingerprint density at radius 2 is 1.93 bits per heavy atom. The number of aromatic nitrogens is 4. The maximum Gasteiger partial charge on any atom is 0.270 e. The topological polar surface area (TPSA) is 72.8 Å². The van der Waals surface area contributed by atoms with Crippen molar-refractivity contribution in [1.82, 2.24) is 19.7 Å². The van der Waals surface area contributed by atoms with Crippen molar-refractivity contribution in [2.24, 2.45) is 0 Å². The van der Waals surface area contributed by atoms with Crippen LogP contribution in [0.4, 0.5) is 0 Å². The number of nitrogens with one attached hydrogen (secondary N) is 1. The molecule has 1 N–H and O–H groups in total. The van der Waals surface area contributed by atoms with Crippen molar-refractivity contribution in [3.8, 4) is 11.4 Å². The summed E-state index contributed by atoms with van der Waals surface area (Å²) in [5.74, 6) is 1.35. The second-order valence-corrected chi connectivity index (χ2v) is 7.23. The van der Waals surface area contributed by atoms with Crippen LogP contribution in [0.1, 0.15) is 18.1 Å². The van der Waals surface area contributed by atoms with Crippen LogP contribution in [0.5, 0.6) is 5.75 Å². The molecule has 7 heteroatoms. The molecular formula is C21H20N4O2S. The largest absolute Gasteiger partial charge is 0.492 e. The van der Waals surface area contributed by atoms with Gasteiger partial charge in [0, 0.05) is 5.75 Å². The molecule has 0 aliphatic rings. The molecule has 0 spiro atoms. The van der Waals surface area contributed by atoms with Crippen molar-refractivity contribution in [2.45, 2.75) is 24.8 Å². The lowest BCUT2D eigenvalue weighted by Gasteiger charge is -2.15. The fourth-order valence-electron chi connectivity index (χ4n) is 3.02. The van der Waals surface area contributed by atoms with Gasteiger partial charge in [0.15, 0.2) is 10.8 Å². The summed E-state index contributed by atoms with van der Waals surface area (Å²) in [6.45, 7) is 4.52. The number of fused-ring (bicyclic) bond motifs is 1. The summed E-state index contributed by atoms with van der Waals surface area (Å²) in [5, 5.41) is 7.84. The molecular weight excluding hydrogens is 372 g/mol. The van der Waals surface area contributed by atoms with E-state index in [1.54, 1.807) is 4.57 Å². The van der Waals surface area contributed by atoms with Crippen LogP contribution < -0.4 is 10.3 Å². The van der Waals surface area contributed by atoms with Crippen molar-refractivity contribution >= 4 is 22.8 Å². The van der Waals surface area contributed by atoms with E-state index in [1.807, 2.05) is 43.3 Å². The Kier molecular flexibility index (Phi) is 5.16. The lowest BCUT2D eigenvalue weighted by atomic mass is 10.1. The van der Waals surface area contributed by atoms with E-state index in [1.165, 1.54) is 29.1 Å². The molecule has 4 rings (SSSR count). The zero-order valence-corrected chi connectivity index (χ0v) is 16.5. The normalized spacial score (nSPS) is 11.1. The molecule has 2 aromatic heterocycles. The minimum atomic E-state index is -0.168. The first-order valence-corrected chi connectivity index (χ1v) is 10.0. The number of thioether (sulfide) groups is 1. The molecule has 4 aromatic rings. The van der Waals surface area contributed by atoms with E-state index in [0.717, 1.165) is 0 Å². The molecule has 142 valence electrons. The third-order valence-corrected chi connectivity index (χ3v) is 5.46. The number of H-pyrrole nitrogens is 1. The van der Waals surface area contributed by atoms with Crippen LogP contribution in [0.25, 0.3) is 16.7 Å². The molecule has 2 aromatic carbocycles. The van der Waals surface area contributed by atoms with Gasteiger partial charge >= 0.3 is 0 Å². The number of aromatic amines is 1. The summed E-state index contributed by atoms with van der Waals surface area (Å²) < 4.78 is 7.37. The van der Waals surface area contributed by atoms with Gasteiger partial charge < -0.3 is 4.74 Å². The van der Waals surface area contributed by atoms with Gasteiger partial charge in [-0.05, 0) is 37.1 Å². The maximum atomic E-state index is 13.2. The number of ether oxygens (including phenoxy) is 1. The van der Waals surface area contributed by atoms with Crippen LogP contribution in [-0.4, -0.2) is 26.4 Å². The minimum Gasteiger partial charge on any atom is -0.492 e.